The highest BCUT2D eigenvalue weighted by atomic mass is 35.5. The molecule has 304 valence electrons. The normalized spacial score (nSPS) is 20.2. The van der Waals surface area contributed by atoms with Gasteiger partial charge in [0, 0.05) is 94.9 Å². The number of nitrogens with one attached hydrogen (secondary N) is 2. The first kappa shape index (κ1) is 39.7. The van der Waals surface area contributed by atoms with Crippen LogP contribution in [0.15, 0.2) is 36.4 Å². The Kier molecular flexibility index (Phi) is 11.7. The lowest BCUT2D eigenvalue weighted by Crippen LogP contribution is -2.42. The summed E-state index contributed by atoms with van der Waals surface area (Å²) >= 11 is 6.99. The number of carboxylic acid groups (broad SMARTS) is 1. The van der Waals surface area contributed by atoms with Gasteiger partial charge in [-0.05, 0) is 69.5 Å². The van der Waals surface area contributed by atoms with Crippen LogP contribution in [0, 0.1) is 23.2 Å². The fourth-order valence-corrected chi connectivity index (χ4v) is 9.62. The Morgan fingerprint density at radius 2 is 1.45 bits per heavy atom. The standard InChI is InChI=1S/C43H50ClN9O5/c1-50-36-14-19-52(18-13-26-9-11-27(12-10-26)43(56)57)24-34(36)46-40(50)42(55)49-33-8-4-6-30(38(33)44)29-5-3-7-32(31(29)23-45)48-41(54)39-47-35-25-53(20-15-37(35)51(39)2)28-16-21-58-22-17-28/h3-8,26-28H,9-22,24-25H2,1-2H3,(H,48,54)(H,49,55)(H,56,57). The number of imidazole rings is 2. The summed E-state index contributed by atoms with van der Waals surface area (Å²) in [7, 11) is 3.72. The van der Waals surface area contributed by atoms with Crippen molar-refractivity contribution in [2.24, 2.45) is 25.9 Å². The summed E-state index contributed by atoms with van der Waals surface area (Å²) in [5.41, 5.74) is 5.84. The maximum atomic E-state index is 13.7. The molecule has 2 fully saturated rings. The molecular formula is C43H50ClN9O5. The Labute approximate surface area is 343 Å². The quantitative estimate of drug-likeness (QED) is 0.172. The van der Waals surface area contributed by atoms with Crippen LogP contribution in [-0.2, 0) is 49.6 Å². The van der Waals surface area contributed by atoms with Gasteiger partial charge in [0.2, 0.25) is 0 Å². The number of carboxylic acids is 1. The van der Waals surface area contributed by atoms with Crippen LogP contribution >= 0.6 is 11.6 Å². The number of hydrogen-bond acceptors (Lipinski definition) is 9. The number of nitrogens with zero attached hydrogens (tertiary/aromatic N) is 7. The van der Waals surface area contributed by atoms with Gasteiger partial charge >= 0.3 is 5.97 Å². The van der Waals surface area contributed by atoms with Crippen molar-refractivity contribution in [3.63, 3.8) is 0 Å². The molecule has 0 atom stereocenters. The maximum absolute atomic E-state index is 13.7. The summed E-state index contributed by atoms with van der Waals surface area (Å²) in [6.45, 7) is 5.56. The van der Waals surface area contributed by atoms with Gasteiger partial charge in [-0.3, -0.25) is 24.2 Å². The van der Waals surface area contributed by atoms with E-state index in [0.29, 0.717) is 47.6 Å². The van der Waals surface area contributed by atoms with Gasteiger partial charge < -0.3 is 29.6 Å². The molecule has 1 saturated carbocycles. The molecule has 3 N–H and O–H groups in total. The predicted molar refractivity (Wildman–Crippen MR) is 219 cm³/mol. The number of halogens is 1. The predicted octanol–water partition coefficient (Wildman–Crippen LogP) is 6.03. The largest absolute Gasteiger partial charge is 0.481 e. The molecule has 2 amide bonds. The molecule has 3 aliphatic heterocycles. The zero-order valence-corrected chi connectivity index (χ0v) is 33.9. The number of fused-ring (bicyclic) bond motifs is 2. The molecule has 0 spiro atoms. The van der Waals surface area contributed by atoms with E-state index in [0.717, 1.165) is 113 Å². The minimum absolute atomic E-state index is 0.205. The number of carbonyl (C=O) groups excluding carboxylic acids is 2. The lowest BCUT2D eigenvalue weighted by Gasteiger charge is -2.36. The first-order valence-corrected chi connectivity index (χ1v) is 20.8. The van der Waals surface area contributed by atoms with Crippen molar-refractivity contribution in [1.82, 2.24) is 28.9 Å². The summed E-state index contributed by atoms with van der Waals surface area (Å²) in [6.07, 6.45) is 8.02. The Morgan fingerprint density at radius 1 is 0.845 bits per heavy atom. The fraction of sp³-hybridized carbons (Fsp3) is 0.488. The lowest BCUT2D eigenvalue weighted by atomic mass is 9.80. The molecule has 1 saturated heterocycles. The molecule has 1 aliphatic carbocycles. The highest BCUT2D eigenvalue weighted by Gasteiger charge is 2.32. The first-order chi connectivity index (χ1) is 28.1. The van der Waals surface area contributed by atoms with Crippen LogP contribution in [0.5, 0.6) is 0 Å². The average Bonchev–Trinajstić information content (AvgIpc) is 3.76. The van der Waals surface area contributed by atoms with Crippen LogP contribution in [0.3, 0.4) is 0 Å². The summed E-state index contributed by atoms with van der Waals surface area (Å²) < 4.78 is 9.27. The van der Waals surface area contributed by atoms with Gasteiger partial charge in [0.25, 0.3) is 11.8 Å². The highest BCUT2D eigenvalue weighted by molar-refractivity contribution is 6.36. The van der Waals surface area contributed by atoms with Gasteiger partial charge in [0.05, 0.1) is 39.3 Å². The third kappa shape index (κ3) is 8.01. The topological polar surface area (TPSA) is 171 Å². The highest BCUT2D eigenvalue weighted by Crippen LogP contribution is 2.38. The number of nitriles is 1. The Morgan fingerprint density at radius 3 is 2.10 bits per heavy atom. The molecule has 2 aromatic heterocycles. The number of benzene rings is 2. The van der Waals surface area contributed by atoms with E-state index in [1.54, 1.807) is 36.4 Å². The van der Waals surface area contributed by atoms with E-state index < -0.39 is 17.8 Å². The second-order valence-corrected chi connectivity index (χ2v) is 16.5. The van der Waals surface area contributed by atoms with Gasteiger partial charge in [-0.2, -0.15) is 5.26 Å². The van der Waals surface area contributed by atoms with Crippen LogP contribution in [0.4, 0.5) is 11.4 Å². The minimum Gasteiger partial charge on any atom is -0.481 e. The molecule has 4 aromatic rings. The minimum atomic E-state index is -0.676. The van der Waals surface area contributed by atoms with Crippen LogP contribution in [0.1, 0.15) is 94.5 Å². The summed E-state index contributed by atoms with van der Waals surface area (Å²) in [5.74, 6) is -0.567. The van der Waals surface area contributed by atoms with Crippen LogP contribution in [0.2, 0.25) is 5.02 Å². The van der Waals surface area contributed by atoms with Gasteiger partial charge in [0.15, 0.2) is 11.6 Å². The Balaban J connectivity index is 0.938. The van der Waals surface area contributed by atoms with Crippen molar-refractivity contribution in [1.29, 1.82) is 5.26 Å². The number of aromatic nitrogens is 4. The third-order valence-corrected chi connectivity index (χ3v) is 13.2. The van der Waals surface area contributed by atoms with E-state index >= 15 is 0 Å². The lowest BCUT2D eigenvalue weighted by molar-refractivity contribution is -0.143. The maximum Gasteiger partial charge on any atom is 0.306 e. The van der Waals surface area contributed by atoms with Crippen molar-refractivity contribution in [2.75, 3.05) is 43.5 Å². The third-order valence-electron chi connectivity index (χ3n) is 12.7. The van der Waals surface area contributed by atoms with Crippen molar-refractivity contribution in [2.45, 2.75) is 76.9 Å². The first-order valence-electron chi connectivity index (χ1n) is 20.4. The smallest absolute Gasteiger partial charge is 0.306 e. The molecule has 15 heteroatoms. The monoisotopic (exact) mass is 807 g/mol. The molecule has 0 unspecified atom stereocenters. The SMILES string of the molecule is Cn1c(C(=O)Nc2cccc(-c3cccc(NC(=O)c4nc5c(n4C)CCN(C4CCOCC4)C5)c3C#N)c2Cl)nc2c1CCN(CCC1CCC(C(=O)O)CC1)C2. The average molecular weight is 808 g/mol. The summed E-state index contributed by atoms with van der Waals surface area (Å²) in [4.78, 5) is 53.2. The Hall–Kier alpha value is -5.07. The van der Waals surface area contributed by atoms with E-state index in [4.69, 9.17) is 26.3 Å². The van der Waals surface area contributed by atoms with Crippen molar-refractivity contribution < 1.29 is 24.2 Å². The number of hydrogen-bond donors (Lipinski definition) is 3. The number of aliphatic carboxylic acids is 1. The van der Waals surface area contributed by atoms with Gasteiger partial charge in [-0.1, -0.05) is 35.9 Å². The molecule has 4 aliphatic rings. The van der Waals surface area contributed by atoms with Gasteiger partial charge in [-0.15, -0.1) is 0 Å². The number of anilines is 2. The second-order valence-electron chi connectivity index (χ2n) is 16.1. The van der Waals surface area contributed by atoms with Crippen LogP contribution in [0.25, 0.3) is 11.1 Å². The summed E-state index contributed by atoms with van der Waals surface area (Å²) in [6, 6.07) is 13.2. The van der Waals surface area contributed by atoms with E-state index in [2.05, 4.69) is 26.5 Å². The molecule has 5 heterocycles. The molecule has 8 rings (SSSR count). The van der Waals surface area contributed by atoms with E-state index in [1.165, 1.54) is 0 Å². The van der Waals surface area contributed by atoms with Crippen molar-refractivity contribution in [3.8, 4) is 17.2 Å². The molecule has 0 radical (unpaired) electrons. The zero-order valence-electron chi connectivity index (χ0n) is 33.1. The molecule has 2 aromatic carbocycles. The molecular weight excluding hydrogens is 758 g/mol. The van der Waals surface area contributed by atoms with E-state index in [9.17, 15) is 24.8 Å². The van der Waals surface area contributed by atoms with Gasteiger partial charge in [-0.25, -0.2) is 9.97 Å². The van der Waals surface area contributed by atoms with E-state index in [1.807, 2.05) is 23.2 Å². The summed E-state index contributed by atoms with van der Waals surface area (Å²) in [5, 5.41) is 25.9. The van der Waals surface area contributed by atoms with Crippen LogP contribution < -0.4 is 10.6 Å². The number of amides is 2. The molecule has 58 heavy (non-hydrogen) atoms. The van der Waals surface area contributed by atoms with Crippen molar-refractivity contribution >= 4 is 40.8 Å². The van der Waals surface area contributed by atoms with Gasteiger partial charge in [0.1, 0.15) is 6.07 Å². The van der Waals surface area contributed by atoms with Crippen molar-refractivity contribution in [3.05, 3.63) is 81.4 Å². The number of carbonyl (C=O) groups is 3. The molecule has 14 nitrogen and oxygen atoms in total. The van der Waals surface area contributed by atoms with Crippen LogP contribution in [-0.4, -0.2) is 90.7 Å². The number of rotatable bonds is 10. The zero-order chi connectivity index (χ0) is 40.5. The second kappa shape index (κ2) is 17.0. The Bertz CT molecular complexity index is 2260. The van der Waals surface area contributed by atoms with E-state index in [-0.39, 0.29) is 28.2 Å². The number of ether oxygens (including phenoxy) is 1. The molecule has 0 bridgehead atoms. The fourth-order valence-electron chi connectivity index (χ4n) is 9.35.